The number of carbonyl (C=O) groups is 1. The minimum absolute atomic E-state index is 0.155. The molecule has 0 aliphatic carbocycles. The summed E-state index contributed by atoms with van der Waals surface area (Å²) in [5, 5.41) is 7.02. The number of hydrogen-bond donors (Lipinski definition) is 2. The molecule has 1 saturated heterocycles. The fourth-order valence-corrected chi connectivity index (χ4v) is 5.85. The van der Waals surface area contributed by atoms with Crippen LogP contribution in [0.4, 0.5) is 24.5 Å². The Morgan fingerprint density at radius 2 is 1.81 bits per heavy atom. The first-order valence-corrected chi connectivity index (χ1v) is 14.1. The van der Waals surface area contributed by atoms with Crippen molar-refractivity contribution in [2.75, 3.05) is 10.2 Å². The number of halogens is 4. The third kappa shape index (κ3) is 5.61. The molecule has 11 heteroatoms. The molecule has 0 spiro atoms. The third-order valence-electron chi connectivity index (χ3n) is 7.33. The minimum atomic E-state index is -4.46. The first-order chi connectivity index (χ1) is 19.9. The molecule has 0 unspecified atom stereocenters. The van der Waals surface area contributed by atoms with Crippen LogP contribution in [0.15, 0.2) is 72.9 Å². The number of amides is 1. The maximum atomic E-state index is 13.5. The molecule has 218 valence electrons. The van der Waals surface area contributed by atoms with Crippen molar-refractivity contribution in [3.8, 4) is 5.69 Å². The van der Waals surface area contributed by atoms with Crippen molar-refractivity contribution in [1.82, 2.24) is 14.9 Å². The number of anilines is 2. The lowest BCUT2D eigenvalue weighted by Crippen LogP contribution is -2.29. The van der Waals surface area contributed by atoms with Crippen LogP contribution in [-0.2, 0) is 11.0 Å². The standard InChI is InChI=1S/C31H29ClF3N5OS/c1-17(2)29(41)37-25-12-11-22(16-24(25)32)40-28(27(38-30(40)42)26-10-5-6-13-36-26)23-14-18(3)39(19(23)4)21-9-7-8-20(15-21)31(33,34)35/h5-17,27-28H,1-4H3,(H,37,41)(H,38,42)/t27-,28+/m0/s1. The average molecular weight is 612 g/mol. The highest BCUT2D eigenvalue weighted by Crippen LogP contribution is 2.45. The van der Waals surface area contributed by atoms with Gasteiger partial charge in [0.15, 0.2) is 5.11 Å². The van der Waals surface area contributed by atoms with Gasteiger partial charge < -0.3 is 20.1 Å². The van der Waals surface area contributed by atoms with Gasteiger partial charge in [0, 0.05) is 34.9 Å². The van der Waals surface area contributed by atoms with E-state index in [1.807, 2.05) is 53.6 Å². The number of aryl methyl sites for hydroxylation is 1. The van der Waals surface area contributed by atoms with E-state index in [0.29, 0.717) is 27.2 Å². The molecule has 1 aliphatic heterocycles. The van der Waals surface area contributed by atoms with Crippen molar-refractivity contribution in [2.24, 2.45) is 5.92 Å². The van der Waals surface area contributed by atoms with Gasteiger partial charge in [-0.25, -0.2) is 0 Å². The van der Waals surface area contributed by atoms with Crippen LogP contribution in [0.3, 0.4) is 0 Å². The molecule has 2 N–H and O–H groups in total. The molecular weight excluding hydrogens is 583 g/mol. The predicted molar refractivity (Wildman–Crippen MR) is 163 cm³/mol. The SMILES string of the molecule is Cc1cc([C@@H]2[C@H](c3ccccn3)NC(=S)N2c2ccc(NC(=O)C(C)C)c(Cl)c2)c(C)n1-c1cccc(C(F)(F)F)c1. The number of rotatable bonds is 6. The number of aromatic nitrogens is 2. The molecule has 3 heterocycles. The van der Waals surface area contributed by atoms with Crippen LogP contribution >= 0.6 is 23.8 Å². The van der Waals surface area contributed by atoms with Crippen LogP contribution in [0, 0.1) is 19.8 Å². The van der Waals surface area contributed by atoms with Gasteiger partial charge in [0.25, 0.3) is 0 Å². The number of hydrogen-bond acceptors (Lipinski definition) is 3. The van der Waals surface area contributed by atoms with Crippen LogP contribution in [0.25, 0.3) is 5.69 Å². The van der Waals surface area contributed by atoms with Gasteiger partial charge in [0.05, 0.1) is 34.1 Å². The van der Waals surface area contributed by atoms with Gasteiger partial charge in [-0.15, -0.1) is 0 Å². The quantitative estimate of drug-likeness (QED) is 0.217. The summed E-state index contributed by atoms with van der Waals surface area (Å²) in [5.41, 5.74) is 4.01. The maximum absolute atomic E-state index is 13.5. The number of benzene rings is 2. The van der Waals surface area contributed by atoms with Gasteiger partial charge in [-0.05, 0) is 86.2 Å². The Morgan fingerprint density at radius 3 is 2.45 bits per heavy atom. The summed E-state index contributed by atoms with van der Waals surface area (Å²) in [5.74, 6) is -0.371. The van der Waals surface area contributed by atoms with Crippen molar-refractivity contribution in [1.29, 1.82) is 0 Å². The first-order valence-electron chi connectivity index (χ1n) is 13.3. The molecule has 5 rings (SSSR count). The normalized spacial score (nSPS) is 17.1. The molecule has 0 saturated carbocycles. The lowest BCUT2D eigenvalue weighted by atomic mass is 9.96. The minimum Gasteiger partial charge on any atom is -0.351 e. The Kier molecular flexibility index (Phi) is 8.04. The van der Waals surface area contributed by atoms with Crippen LogP contribution in [0.2, 0.25) is 5.02 Å². The summed E-state index contributed by atoms with van der Waals surface area (Å²) in [6.45, 7) is 7.34. The predicted octanol–water partition coefficient (Wildman–Crippen LogP) is 7.93. The Balaban J connectivity index is 1.62. The highest BCUT2D eigenvalue weighted by molar-refractivity contribution is 7.80. The molecule has 1 aliphatic rings. The highest BCUT2D eigenvalue weighted by atomic mass is 35.5. The summed E-state index contributed by atoms with van der Waals surface area (Å²) in [7, 11) is 0. The van der Waals surface area contributed by atoms with E-state index in [0.717, 1.165) is 34.8 Å². The molecule has 6 nitrogen and oxygen atoms in total. The van der Waals surface area contributed by atoms with Gasteiger partial charge in [0.2, 0.25) is 5.91 Å². The fraction of sp³-hybridized carbons (Fsp3) is 0.258. The maximum Gasteiger partial charge on any atom is 0.416 e. The molecule has 4 aromatic rings. The monoisotopic (exact) mass is 611 g/mol. The van der Waals surface area contributed by atoms with Crippen LogP contribution in [0.5, 0.6) is 0 Å². The zero-order valence-corrected chi connectivity index (χ0v) is 24.9. The van der Waals surface area contributed by atoms with Gasteiger partial charge in [-0.2, -0.15) is 13.2 Å². The second-order valence-electron chi connectivity index (χ2n) is 10.5. The van der Waals surface area contributed by atoms with Gasteiger partial charge >= 0.3 is 6.18 Å². The molecule has 1 amide bonds. The molecule has 42 heavy (non-hydrogen) atoms. The summed E-state index contributed by atoms with van der Waals surface area (Å²) in [6.07, 6.45) is -2.76. The number of nitrogens with zero attached hydrogens (tertiary/aromatic N) is 3. The largest absolute Gasteiger partial charge is 0.416 e. The van der Waals surface area contributed by atoms with Crippen LogP contribution in [-0.4, -0.2) is 20.6 Å². The number of nitrogens with one attached hydrogen (secondary N) is 2. The lowest BCUT2D eigenvalue weighted by molar-refractivity contribution is -0.137. The highest BCUT2D eigenvalue weighted by Gasteiger charge is 2.42. The summed E-state index contributed by atoms with van der Waals surface area (Å²) in [4.78, 5) is 18.8. The Bertz CT molecular complexity index is 1650. The Hall–Kier alpha value is -3.89. The van der Waals surface area contributed by atoms with Crippen molar-refractivity contribution in [3.63, 3.8) is 0 Å². The number of alkyl halides is 3. The second kappa shape index (κ2) is 11.4. The molecule has 2 aromatic heterocycles. The van der Waals surface area contributed by atoms with E-state index in [-0.39, 0.29) is 17.9 Å². The Morgan fingerprint density at radius 1 is 1.05 bits per heavy atom. The zero-order chi connectivity index (χ0) is 30.3. The van der Waals surface area contributed by atoms with E-state index in [1.165, 1.54) is 6.07 Å². The molecule has 2 aromatic carbocycles. The van der Waals surface area contributed by atoms with E-state index in [2.05, 4.69) is 15.6 Å². The smallest absolute Gasteiger partial charge is 0.351 e. The molecule has 1 fully saturated rings. The summed E-state index contributed by atoms with van der Waals surface area (Å²) < 4.78 is 42.5. The van der Waals surface area contributed by atoms with Crippen molar-refractivity contribution >= 4 is 46.2 Å². The molecule has 0 radical (unpaired) electrons. The number of pyridine rings is 1. The average Bonchev–Trinajstić information content (AvgIpc) is 3.44. The first kappa shape index (κ1) is 29.6. The van der Waals surface area contributed by atoms with E-state index in [4.69, 9.17) is 23.8 Å². The third-order valence-corrected chi connectivity index (χ3v) is 7.96. The topological polar surface area (TPSA) is 62.2 Å². The van der Waals surface area contributed by atoms with Crippen molar-refractivity contribution in [3.05, 3.63) is 106 Å². The number of thiocarbonyl (C=S) groups is 1. The van der Waals surface area contributed by atoms with Gasteiger partial charge in [0.1, 0.15) is 0 Å². The second-order valence-corrected chi connectivity index (χ2v) is 11.3. The number of carbonyl (C=O) groups excluding carboxylic acids is 1. The summed E-state index contributed by atoms with van der Waals surface area (Å²) >= 11 is 12.5. The zero-order valence-electron chi connectivity index (χ0n) is 23.3. The fourth-order valence-electron chi connectivity index (χ4n) is 5.29. The van der Waals surface area contributed by atoms with Gasteiger partial charge in [-0.1, -0.05) is 37.6 Å². The lowest BCUT2D eigenvalue weighted by Gasteiger charge is -2.28. The van der Waals surface area contributed by atoms with Gasteiger partial charge in [-0.3, -0.25) is 9.78 Å². The molecule has 0 bridgehead atoms. The molecular formula is C31H29ClF3N5OS. The van der Waals surface area contributed by atoms with E-state index < -0.39 is 17.8 Å². The van der Waals surface area contributed by atoms with E-state index >= 15 is 0 Å². The van der Waals surface area contributed by atoms with Crippen LogP contribution in [0.1, 0.15) is 54.1 Å². The molecule has 2 atom stereocenters. The van der Waals surface area contributed by atoms with Crippen LogP contribution < -0.4 is 15.5 Å². The summed E-state index contributed by atoms with van der Waals surface area (Å²) in [6, 6.07) is 17.4. The Labute approximate surface area is 252 Å². The van der Waals surface area contributed by atoms with Crippen molar-refractivity contribution in [2.45, 2.75) is 46.0 Å². The van der Waals surface area contributed by atoms with E-state index in [1.54, 1.807) is 38.2 Å². The van der Waals surface area contributed by atoms with Crippen molar-refractivity contribution < 1.29 is 18.0 Å². The van der Waals surface area contributed by atoms with E-state index in [9.17, 15) is 18.0 Å².